The van der Waals surface area contributed by atoms with E-state index < -0.39 is 24.0 Å². The predicted molar refractivity (Wildman–Crippen MR) is 108 cm³/mol. The standard InChI is InChI=1S/C21H28N4O5/c1-14-11-21(14)12-16(18(26)22-30)17(25(13-21)20(28)29)19(27)24-9-7-23(8-10-24)15-5-3-2-4-6-15/h2-6,14,16-17,30H,7-13H2,1H3,(H,22,26)(H,28,29)/t14?,16-,17-,21?/m0/s1. The number of carboxylic acid groups (broad SMARTS) is 1. The molecule has 1 aromatic carbocycles. The van der Waals surface area contributed by atoms with Gasteiger partial charge in [0.05, 0.1) is 5.92 Å². The first-order valence-electron chi connectivity index (χ1n) is 10.4. The molecule has 3 fully saturated rings. The van der Waals surface area contributed by atoms with Gasteiger partial charge in [0.15, 0.2) is 0 Å². The molecule has 1 aromatic rings. The van der Waals surface area contributed by atoms with Crippen molar-refractivity contribution in [2.75, 3.05) is 37.6 Å². The molecule has 2 saturated heterocycles. The largest absolute Gasteiger partial charge is 0.465 e. The molecule has 4 atom stereocenters. The molecule has 9 nitrogen and oxygen atoms in total. The van der Waals surface area contributed by atoms with Crippen molar-refractivity contribution in [3.05, 3.63) is 30.3 Å². The Bertz CT molecular complexity index is 826. The number of likely N-dealkylation sites (tertiary alicyclic amines) is 1. The second-order valence-electron chi connectivity index (χ2n) is 8.76. The molecule has 30 heavy (non-hydrogen) atoms. The van der Waals surface area contributed by atoms with Gasteiger partial charge in [-0.1, -0.05) is 25.1 Å². The second kappa shape index (κ2) is 7.79. The topological polar surface area (TPSA) is 113 Å². The molecule has 162 valence electrons. The second-order valence-corrected chi connectivity index (χ2v) is 8.76. The number of para-hydroxylation sites is 1. The molecule has 2 aliphatic heterocycles. The summed E-state index contributed by atoms with van der Waals surface area (Å²) in [7, 11) is 0. The molecule has 9 heteroatoms. The molecule has 3 N–H and O–H groups in total. The van der Waals surface area contributed by atoms with E-state index in [2.05, 4.69) is 4.90 Å². The number of rotatable bonds is 3. The molecular weight excluding hydrogens is 388 g/mol. The Morgan fingerprint density at radius 3 is 2.23 bits per heavy atom. The van der Waals surface area contributed by atoms with Gasteiger partial charge in [0.1, 0.15) is 6.04 Å². The molecule has 2 unspecified atom stereocenters. The van der Waals surface area contributed by atoms with Crippen molar-refractivity contribution in [3.8, 4) is 0 Å². The first-order chi connectivity index (χ1) is 14.4. The molecule has 4 rings (SSSR count). The maximum absolute atomic E-state index is 13.4. The number of piperazine rings is 1. The summed E-state index contributed by atoms with van der Waals surface area (Å²) in [5, 5.41) is 19.1. The number of nitrogens with zero attached hydrogens (tertiary/aromatic N) is 3. The molecule has 0 radical (unpaired) electrons. The summed E-state index contributed by atoms with van der Waals surface area (Å²) in [5.74, 6) is -1.66. The fourth-order valence-electron chi connectivity index (χ4n) is 5.15. The summed E-state index contributed by atoms with van der Waals surface area (Å²) in [6.45, 7) is 4.44. The van der Waals surface area contributed by atoms with Crippen LogP contribution in [0.1, 0.15) is 19.8 Å². The fourth-order valence-corrected chi connectivity index (χ4v) is 5.15. The number of anilines is 1. The van der Waals surface area contributed by atoms with Crippen LogP contribution < -0.4 is 10.4 Å². The molecule has 0 aromatic heterocycles. The minimum Gasteiger partial charge on any atom is -0.465 e. The highest BCUT2D eigenvalue weighted by Gasteiger charge is 2.61. The van der Waals surface area contributed by atoms with E-state index >= 15 is 0 Å². The lowest BCUT2D eigenvalue weighted by Gasteiger charge is -2.45. The first kappa shape index (κ1) is 20.5. The minimum absolute atomic E-state index is 0.249. The maximum Gasteiger partial charge on any atom is 0.408 e. The summed E-state index contributed by atoms with van der Waals surface area (Å²) in [5.41, 5.74) is 2.45. The van der Waals surface area contributed by atoms with Crippen molar-refractivity contribution >= 4 is 23.6 Å². The van der Waals surface area contributed by atoms with Gasteiger partial charge in [-0.3, -0.25) is 19.7 Å². The Hall–Kier alpha value is -2.81. The van der Waals surface area contributed by atoms with E-state index in [-0.39, 0.29) is 17.9 Å². The number of hydroxylamine groups is 1. The molecule has 2 heterocycles. The van der Waals surface area contributed by atoms with E-state index in [1.807, 2.05) is 37.3 Å². The van der Waals surface area contributed by atoms with E-state index in [9.17, 15) is 24.7 Å². The van der Waals surface area contributed by atoms with Crippen LogP contribution in [0.4, 0.5) is 10.5 Å². The quantitative estimate of drug-likeness (QED) is 0.505. The smallest absolute Gasteiger partial charge is 0.408 e. The molecule has 0 bridgehead atoms. The van der Waals surface area contributed by atoms with Crippen molar-refractivity contribution in [1.82, 2.24) is 15.3 Å². The lowest BCUT2D eigenvalue weighted by Crippen LogP contribution is -2.63. The summed E-state index contributed by atoms with van der Waals surface area (Å²) >= 11 is 0. The van der Waals surface area contributed by atoms with Crippen molar-refractivity contribution in [1.29, 1.82) is 0 Å². The van der Waals surface area contributed by atoms with Gasteiger partial charge < -0.3 is 14.9 Å². The molecule has 1 saturated carbocycles. The van der Waals surface area contributed by atoms with Crippen LogP contribution >= 0.6 is 0 Å². The van der Waals surface area contributed by atoms with E-state index in [1.54, 1.807) is 10.4 Å². The average Bonchev–Trinajstić information content (AvgIpc) is 3.39. The molecule has 3 amide bonds. The number of amides is 3. The third-order valence-electron chi connectivity index (χ3n) is 7.08. The van der Waals surface area contributed by atoms with Crippen molar-refractivity contribution in [3.63, 3.8) is 0 Å². The van der Waals surface area contributed by atoms with Crippen LogP contribution in [0.2, 0.25) is 0 Å². The molecular formula is C21H28N4O5. The number of piperidine rings is 1. The van der Waals surface area contributed by atoms with Gasteiger partial charge in [-0.2, -0.15) is 0 Å². The third-order valence-corrected chi connectivity index (χ3v) is 7.08. The zero-order valence-electron chi connectivity index (χ0n) is 17.0. The van der Waals surface area contributed by atoms with Crippen LogP contribution in [0.5, 0.6) is 0 Å². The zero-order valence-corrected chi connectivity index (χ0v) is 17.0. The lowest BCUT2D eigenvalue weighted by molar-refractivity contribution is -0.150. The molecule has 3 aliphatic rings. The summed E-state index contributed by atoms with van der Waals surface area (Å²) < 4.78 is 0. The summed E-state index contributed by atoms with van der Waals surface area (Å²) in [6.07, 6.45) is 0.0260. The van der Waals surface area contributed by atoms with E-state index in [4.69, 9.17) is 0 Å². The van der Waals surface area contributed by atoms with Gasteiger partial charge in [0.25, 0.3) is 0 Å². The van der Waals surface area contributed by atoms with Crippen molar-refractivity contribution in [2.24, 2.45) is 17.3 Å². The average molecular weight is 416 g/mol. The first-order valence-corrected chi connectivity index (χ1v) is 10.4. The zero-order chi connectivity index (χ0) is 21.5. The van der Waals surface area contributed by atoms with Crippen LogP contribution in [0.15, 0.2) is 30.3 Å². The van der Waals surface area contributed by atoms with Crippen LogP contribution in [-0.4, -0.2) is 76.8 Å². The van der Waals surface area contributed by atoms with Crippen LogP contribution in [-0.2, 0) is 9.59 Å². The van der Waals surface area contributed by atoms with Crippen LogP contribution in [0.25, 0.3) is 0 Å². The van der Waals surface area contributed by atoms with Crippen LogP contribution in [0.3, 0.4) is 0 Å². The minimum atomic E-state index is -1.20. The normalized spacial score (nSPS) is 30.9. The number of hydrogen-bond donors (Lipinski definition) is 3. The number of carbonyl (C=O) groups excluding carboxylic acids is 2. The van der Waals surface area contributed by atoms with Gasteiger partial charge in [-0.25, -0.2) is 10.3 Å². The van der Waals surface area contributed by atoms with Gasteiger partial charge in [-0.05, 0) is 36.3 Å². The van der Waals surface area contributed by atoms with E-state index in [1.165, 1.54) is 0 Å². The number of hydrogen-bond acceptors (Lipinski definition) is 5. The maximum atomic E-state index is 13.4. The van der Waals surface area contributed by atoms with E-state index in [0.717, 1.165) is 17.0 Å². The number of carbonyl (C=O) groups is 3. The lowest BCUT2D eigenvalue weighted by atomic mass is 9.78. The van der Waals surface area contributed by atoms with E-state index in [0.29, 0.717) is 38.5 Å². The SMILES string of the molecule is CC1CC12C[C@H](C(=O)NO)[C@@H](C(=O)N1CCN(c3ccccc3)CC1)N(C(=O)O)C2. The Labute approximate surface area is 175 Å². The number of benzene rings is 1. The van der Waals surface area contributed by atoms with Gasteiger partial charge in [0.2, 0.25) is 11.8 Å². The van der Waals surface area contributed by atoms with Gasteiger partial charge in [-0.15, -0.1) is 0 Å². The van der Waals surface area contributed by atoms with Crippen molar-refractivity contribution in [2.45, 2.75) is 25.8 Å². The monoisotopic (exact) mass is 416 g/mol. The highest BCUT2D eigenvalue weighted by molar-refractivity contribution is 5.92. The molecule has 1 spiro atoms. The van der Waals surface area contributed by atoms with Gasteiger partial charge >= 0.3 is 6.09 Å². The highest BCUT2D eigenvalue weighted by atomic mass is 16.5. The van der Waals surface area contributed by atoms with Crippen LogP contribution in [0, 0.1) is 17.3 Å². The Kier molecular flexibility index (Phi) is 5.31. The Morgan fingerprint density at radius 1 is 1.07 bits per heavy atom. The Balaban J connectivity index is 1.52. The summed E-state index contributed by atoms with van der Waals surface area (Å²) in [4.78, 5) is 42.8. The summed E-state index contributed by atoms with van der Waals surface area (Å²) in [6, 6.07) is 8.80. The number of nitrogens with one attached hydrogen (secondary N) is 1. The van der Waals surface area contributed by atoms with Crippen molar-refractivity contribution < 1.29 is 24.7 Å². The highest BCUT2D eigenvalue weighted by Crippen LogP contribution is 2.59. The third kappa shape index (κ3) is 3.58. The predicted octanol–water partition coefficient (Wildman–Crippen LogP) is 1.24. The molecule has 1 aliphatic carbocycles. The Morgan fingerprint density at radius 2 is 1.70 bits per heavy atom. The fraction of sp³-hybridized carbons (Fsp3) is 0.571. The van der Waals surface area contributed by atoms with Gasteiger partial charge in [0, 0.05) is 38.4 Å².